The fourth-order valence-corrected chi connectivity index (χ4v) is 3.20. The molecule has 21 heavy (non-hydrogen) atoms. The van der Waals surface area contributed by atoms with Gasteiger partial charge in [0.15, 0.2) is 5.76 Å². The Bertz CT molecular complexity index is 552. The third-order valence-electron chi connectivity index (χ3n) is 4.33. The van der Waals surface area contributed by atoms with Gasteiger partial charge >= 0.3 is 0 Å². The second-order valence-corrected chi connectivity index (χ2v) is 5.75. The normalized spacial score (nSPS) is 22.8. The number of rotatable bonds is 5. The lowest BCUT2D eigenvalue weighted by molar-refractivity contribution is 0.115. The molecule has 0 bridgehead atoms. The molecule has 2 aromatic heterocycles. The third-order valence-corrected chi connectivity index (χ3v) is 4.33. The van der Waals surface area contributed by atoms with Crippen LogP contribution in [-0.2, 0) is 6.54 Å². The average Bonchev–Trinajstić information content (AvgIpc) is 3.17. The van der Waals surface area contributed by atoms with Gasteiger partial charge in [0.05, 0.1) is 12.8 Å². The molecule has 2 N–H and O–H groups in total. The lowest BCUT2D eigenvalue weighted by Gasteiger charge is -2.36. The number of aromatic nitrogens is 2. The predicted octanol–water partition coefficient (Wildman–Crippen LogP) is 2.28. The minimum Gasteiger partial charge on any atom is -0.461 e. The Labute approximate surface area is 124 Å². The van der Waals surface area contributed by atoms with Gasteiger partial charge in [-0.3, -0.25) is 4.90 Å². The standard InChI is InChI=1S/C15H22N4O2/c1-19(12-6-3-2-5-11(12)9-16)10-14-17-15(18-21-14)13-7-4-8-20-13/h4,7-8,11-12H,2-3,5-6,9-10,16H2,1H3. The van der Waals surface area contributed by atoms with Gasteiger partial charge in [0.25, 0.3) is 0 Å². The van der Waals surface area contributed by atoms with E-state index in [2.05, 4.69) is 22.1 Å². The molecule has 6 nitrogen and oxygen atoms in total. The average molecular weight is 290 g/mol. The molecular formula is C15H22N4O2. The van der Waals surface area contributed by atoms with Crippen molar-refractivity contribution in [2.45, 2.75) is 38.3 Å². The Morgan fingerprint density at radius 2 is 2.24 bits per heavy atom. The molecule has 2 unspecified atom stereocenters. The van der Waals surface area contributed by atoms with Crippen molar-refractivity contribution in [3.63, 3.8) is 0 Å². The van der Waals surface area contributed by atoms with E-state index in [1.165, 1.54) is 25.7 Å². The van der Waals surface area contributed by atoms with Gasteiger partial charge in [0.1, 0.15) is 0 Å². The lowest BCUT2D eigenvalue weighted by Crippen LogP contribution is -2.42. The minimum atomic E-state index is 0.502. The second kappa shape index (κ2) is 6.41. The van der Waals surface area contributed by atoms with Crippen LogP contribution in [0.5, 0.6) is 0 Å². The van der Waals surface area contributed by atoms with Crippen molar-refractivity contribution in [1.29, 1.82) is 0 Å². The molecule has 2 aromatic rings. The zero-order valence-corrected chi connectivity index (χ0v) is 12.4. The van der Waals surface area contributed by atoms with E-state index in [1.54, 1.807) is 6.26 Å². The largest absolute Gasteiger partial charge is 0.461 e. The summed E-state index contributed by atoms with van der Waals surface area (Å²) in [6.07, 6.45) is 6.57. The first-order valence-corrected chi connectivity index (χ1v) is 7.54. The molecule has 1 saturated carbocycles. The summed E-state index contributed by atoms with van der Waals surface area (Å²) >= 11 is 0. The van der Waals surface area contributed by atoms with Crippen LogP contribution in [0.25, 0.3) is 11.6 Å². The molecule has 0 amide bonds. The summed E-state index contributed by atoms with van der Waals surface area (Å²) in [6.45, 7) is 1.39. The topological polar surface area (TPSA) is 81.3 Å². The molecule has 1 aliphatic rings. The van der Waals surface area contributed by atoms with Gasteiger partial charge in [-0.2, -0.15) is 4.98 Å². The van der Waals surface area contributed by atoms with Crippen molar-refractivity contribution in [3.05, 3.63) is 24.3 Å². The summed E-state index contributed by atoms with van der Waals surface area (Å²) in [4.78, 5) is 6.68. The van der Waals surface area contributed by atoms with E-state index in [4.69, 9.17) is 14.7 Å². The Kier molecular flexibility index (Phi) is 4.36. The van der Waals surface area contributed by atoms with Crippen molar-refractivity contribution in [2.75, 3.05) is 13.6 Å². The van der Waals surface area contributed by atoms with Crippen LogP contribution in [0.3, 0.4) is 0 Å². The summed E-state index contributed by atoms with van der Waals surface area (Å²) in [5, 5.41) is 3.96. The molecule has 2 atom stereocenters. The highest BCUT2D eigenvalue weighted by molar-refractivity contribution is 5.44. The summed E-state index contributed by atoms with van der Waals surface area (Å²) < 4.78 is 10.6. The number of furan rings is 1. The van der Waals surface area contributed by atoms with E-state index in [1.807, 2.05) is 12.1 Å². The molecule has 0 aromatic carbocycles. The third kappa shape index (κ3) is 3.16. The highest BCUT2D eigenvalue weighted by Gasteiger charge is 2.28. The fourth-order valence-electron chi connectivity index (χ4n) is 3.20. The Balaban J connectivity index is 1.65. The van der Waals surface area contributed by atoms with Crippen molar-refractivity contribution in [1.82, 2.24) is 15.0 Å². The molecule has 0 radical (unpaired) electrons. The fraction of sp³-hybridized carbons (Fsp3) is 0.600. The van der Waals surface area contributed by atoms with E-state index < -0.39 is 0 Å². The van der Waals surface area contributed by atoms with Crippen LogP contribution >= 0.6 is 0 Å². The van der Waals surface area contributed by atoms with Gasteiger partial charge in [-0.15, -0.1) is 0 Å². The van der Waals surface area contributed by atoms with E-state index >= 15 is 0 Å². The summed E-state index contributed by atoms with van der Waals surface area (Å²) in [6, 6.07) is 4.14. The van der Waals surface area contributed by atoms with Crippen LogP contribution in [0, 0.1) is 5.92 Å². The highest BCUT2D eigenvalue weighted by atomic mass is 16.5. The molecule has 114 valence electrons. The molecule has 1 fully saturated rings. The number of hydrogen-bond donors (Lipinski definition) is 1. The van der Waals surface area contributed by atoms with Crippen LogP contribution in [-0.4, -0.2) is 34.7 Å². The molecule has 6 heteroatoms. The van der Waals surface area contributed by atoms with Gasteiger partial charge in [0.2, 0.25) is 11.7 Å². The van der Waals surface area contributed by atoms with E-state index in [0.29, 0.717) is 36.0 Å². The lowest BCUT2D eigenvalue weighted by atomic mass is 9.84. The second-order valence-electron chi connectivity index (χ2n) is 5.75. The zero-order chi connectivity index (χ0) is 14.7. The summed E-state index contributed by atoms with van der Waals surface area (Å²) in [5.74, 6) is 2.31. The van der Waals surface area contributed by atoms with Gasteiger partial charge in [-0.1, -0.05) is 18.0 Å². The van der Waals surface area contributed by atoms with Gasteiger partial charge in [-0.25, -0.2) is 0 Å². The van der Waals surface area contributed by atoms with E-state index in [-0.39, 0.29) is 0 Å². The molecule has 0 aliphatic heterocycles. The van der Waals surface area contributed by atoms with Crippen molar-refractivity contribution in [2.24, 2.45) is 11.7 Å². The molecule has 1 aliphatic carbocycles. The predicted molar refractivity (Wildman–Crippen MR) is 78.3 cm³/mol. The SMILES string of the molecule is CN(Cc1nc(-c2ccco2)no1)C1CCCCC1CN. The Morgan fingerprint density at radius 3 is 3.00 bits per heavy atom. The van der Waals surface area contributed by atoms with Crippen molar-refractivity contribution < 1.29 is 8.94 Å². The maximum atomic E-state index is 5.90. The van der Waals surface area contributed by atoms with Crippen molar-refractivity contribution >= 4 is 0 Å². The molecule has 0 saturated heterocycles. The highest BCUT2D eigenvalue weighted by Crippen LogP contribution is 2.28. The summed E-state index contributed by atoms with van der Waals surface area (Å²) in [5.41, 5.74) is 5.90. The van der Waals surface area contributed by atoms with Crippen LogP contribution in [0.1, 0.15) is 31.6 Å². The minimum absolute atomic E-state index is 0.502. The molecule has 0 spiro atoms. The number of nitrogens with zero attached hydrogens (tertiary/aromatic N) is 3. The summed E-state index contributed by atoms with van der Waals surface area (Å²) in [7, 11) is 2.11. The smallest absolute Gasteiger partial charge is 0.241 e. The Morgan fingerprint density at radius 1 is 1.38 bits per heavy atom. The first kappa shape index (κ1) is 14.3. The first-order chi connectivity index (χ1) is 10.3. The van der Waals surface area contributed by atoms with Crippen LogP contribution < -0.4 is 5.73 Å². The van der Waals surface area contributed by atoms with Crippen LogP contribution in [0.2, 0.25) is 0 Å². The first-order valence-electron chi connectivity index (χ1n) is 7.54. The number of hydrogen-bond acceptors (Lipinski definition) is 6. The monoisotopic (exact) mass is 290 g/mol. The van der Waals surface area contributed by atoms with Gasteiger partial charge in [-0.05, 0) is 44.5 Å². The van der Waals surface area contributed by atoms with Crippen molar-refractivity contribution in [3.8, 4) is 11.6 Å². The maximum Gasteiger partial charge on any atom is 0.241 e. The number of nitrogens with two attached hydrogens (primary N) is 1. The van der Waals surface area contributed by atoms with E-state index in [0.717, 1.165) is 6.54 Å². The molecule has 3 rings (SSSR count). The van der Waals surface area contributed by atoms with E-state index in [9.17, 15) is 0 Å². The quantitative estimate of drug-likeness (QED) is 0.909. The van der Waals surface area contributed by atoms with Crippen LogP contribution in [0.4, 0.5) is 0 Å². The van der Waals surface area contributed by atoms with Crippen LogP contribution in [0.15, 0.2) is 27.3 Å². The molecular weight excluding hydrogens is 268 g/mol. The zero-order valence-electron chi connectivity index (χ0n) is 12.4. The Hall–Kier alpha value is -1.66. The molecule has 2 heterocycles. The van der Waals surface area contributed by atoms with Gasteiger partial charge in [0, 0.05) is 6.04 Å². The maximum absolute atomic E-state index is 5.90. The van der Waals surface area contributed by atoms with Gasteiger partial charge < -0.3 is 14.7 Å².